The van der Waals surface area contributed by atoms with E-state index in [2.05, 4.69) is 19.8 Å². The van der Waals surface area contributed by atoms with E-state index >= 15 is 0 Å². The number of aliphatic hydroxyl groups excluding tert-OH is 1. The van der Waals surface area contributed by atoms with Gasteiger partial charge < -0.3 is 19.6 Å². The number of rotatable bonds is 9. The van der Waals surface area contributed by atoms with E-state index in [1.165, 1.54) is 12.1 Å². The lowest BCUT2D eigenvalue weighted by atomic mass is 10.1. The molecule has 0 fully saturated rings. The second-order valence-electron chi connectivity index (χ2n) is 7.78. The van der Waals surface area contributed by atoms with Gasteiger partial charge in [-0.15, -0.1) is 0 Å². The lowest BCUT2D eigenvalue weighted by Crippen LogP contribution is -2.11. The molecule has 3 aromatic heterocycles. The van der Waals surface area contributed by atoms with Crippen LogP contribution < -0.4 is 10.1 Å². The van der Waals surface area contributed by atoms with E-state index in [4.69, 9.17) is 4.74 Å². The summed E-state index contributed by atoms with van der Waals surface area (Å²) in [7, 11) is 3.77. The lowest BCUT2D eigenvalue weighted by Gasteiger charge is -2.13. The zero-order valence-electron chi connectivity index (χ0n) is 18.6. The normalized spacial score (nSPS) is 11.4. The fourth-order valence-electron chi connectivity index (χ4n) is 3.92. The van der Waals surface area contributed by atoms with Crippen LogP contribution in [-0.4, -0.2) is 44.5 Å². The minimum atomic E-state index is -0.351. The van der Waals surface area contributed by atoms with Gasteiger partial charge in [-0.3, -0.25) is 4.68 Å². The molecule has 0 bridgehead atoms. The third-order valence-corrected chi connectivity index (χ3v) is 5.77. The molecule has 1 aromatic carbocycles. The second kappa shape index (κ2) is 9.50. The summed E-state index contributed by atoms with van der Waals surface area (Å²) < 4.78 is 23.9. The Labute approximate surface area is 186 Å². The average molecular weight is 438 g/mol. The van der Waals surface area contributed by atoms with Gasteiger partial charge in [0.1, 0.15) is 17.2 Å². The largest absolute Gasteiger partial charge is 0.492 e. The van der Waals surface area contributed by atoms with Gasteiger partial charge in [-0.2, -0.15) is 5.10 Å². The van der Waals surface area contributed by atoms with Crippen LogP contribution in [-0.2, 0) is 26.5 Å². The summed E-state index contributed by atoms with van der Waals surface area (Å²) in [5.74, 6) is 0.129. The molecule has 0 saturated heterocycles. The molecule has 8 heteroatoms. The van der Waals surface area contributed by atoms with Gasteiger partial charge in [0, 0.05) is 73.0 Å². The molecule has 0 aliphatic heterocycles. The van der Waals surface area contributed by atoms with Crippen LogP contribution in [0, 0.1) is 12.7 Å². The Morgan fingerprint density at radius 1 is 1.19 bits per heavy atom. The molecule has 0 unspecified atom stereocenters. The quantitative estimate of drug-likeness (QED) is 0.421. The Hall–Kier alpha value is -3.23. The Balaban J connectivity index is 1.60. The van der Waals surface area contributed by atoms with Gasteiger partial charge in [-0.25, -0.2) is 9.37 Å². The summed E-state index contributed by atoms with van der Waals surface area (Å²) in [4.78, 5) is 4.47. The number of hydrogen-bond acceptors (Lipinski definition) is 5. The number of benzene rings is 1. The maximum atomic E-state index is 14.1. The van der Waals surface area contributed by atoms with Crippen molar-refractivity contribution in [2.24, 2.45) is 7.05 Å². The first kappa shape index (κ1) is 22.0. The lowest BCUT2D eigenvalue weighted by molar-refractivity contribution is 0.272. The predicted molar refractivity (Wildman–Crippen MR) is 121 cm³/mol. The molecule has 168 valence electrons. The second-order valence-corrected chi connectivity index (χ2v) is 7.78. The summed E-state index contributed by atoms with van der Waals surface area (Å²) in [6.07, 6.45) is 5.32. The number of hydrogen-bond donors (Lipinski definition) is 2. The number of nitrogens with zero attached hydrogens (tertiary/aromatic N) is 4. The number of likely N-dealkylation sites (N-methyl/N-ethyl adjacent to an activating group) is 1. The Morgan fingerprint density at radius 2 is 2.03 bits per heavy atom. The maximum absolute atomic E-state index is 14.1. The average Bonchev–Trinajstić information content (AvgIpc) is 3.32. The number of nitrogens with one attached hydrogen (secondary N) is 1. The van der Waals surface area contributed by atoms with Crippen molar-refractivity contribution in [1.29, 1.82) is 0 Å². The summed E-state index contributed by atoms with van der Waals surface area (Å²) in [5.41, 5.74) is 6.29. The van der Waals surface area contributed by atoms with Crippen LogP contribution in [0.1, 0.15) is 22.6 Å². The van der Waals surface area contributed by atoms with E-state index in [-0.39, 0.29) is 12.4 Å². The number of aryl methyl sites for hydroxylation is 1. The van der Waals surface area contributed by atoms with Crippen molar-refractivity contribution in [3.8, 4) is 16.9 Å². The maximum Gasteiger partial charge on any atom is 0.136 e. The first-order valence-electron chi connectivity index (χ1n) is 10.7. The highest BCUT2D eigenvalue weighted by Gasteiger charge is 2.14. The number of halogens is 1. The zero-order valence-corrected chi connectivity index (χ0v) is 18.6. The van der Waals surface area contributed by atoms with Gasteiger partial charge in [-0.05, 0) is 38.2 Å². The first-order chi connectivity index (χ1) is 15.5. The molecule has 0 amide bonds. The SMILES string of the molecule is CNCCc1cnc2ccc(-c3ccc(F)cc3OCCc3c(CO)nn(C)c3C)cn12. The van der Waals surface area contributed by atoms with Gasteiger partial charge in [-0.1, -0.05) is 0 Å². The fraction of sp³-hybridized carbons (Fsp3) is 0.333. The fourth-order valence-corrected chi connectivity index (χ4v) is 3.92. The van der Waals surface area contributed by atoms with Gasteiger partial charge in [0.15, 0.2) is 0 Å². The van der Waals surface area contributed by atoms with Crippen molar-refractivity contribution in [1.82, 2.24) is 24.5 Å². The monoisotopic (exact) mass is 437 g/mol. The molecule has 0 atom stereocenters. The first-order valence-corrected chi connectivity index (χ1v) is 10.7. The number of fused-ring (bicyclic) bond motifs is 1. The summed E-state index contributed by atoms with van der Waals surface area (Å²) in [6.45, 7) is 3.04. The Kier molecular flexibility index (Phi) is 6.53. The molecule has 0 saturated carbocycles. The number of pyridine rings is 1. The highest BCUT2D eigenvalue weighted by molar-refractivity contribution is 5.71. The molecule has 4 aromatic rings. The van der Waals surface area contributed by atoms with Crippen LogP contribution in [0.4, 0.5) is 4.39 Å². The molecule has 3 heterocycles. The van der Waals surface area contributed by atoms with Gasteiger partial charge in [0.2, 0.25) is 0 Å². The molecule has 32 heavy (non-hydrogen) atoms. The molecule has 0 spiro atoms. The molecule has 0 aliphatic rings. The summed E-state index contributed by atoms with van der Waals surface area (Å²) >= 11 is 0. The number of aliphatic hydroxyl groups is 1. The van der Waals surface area contributed by atoms with Gasteiger partial charge >= 0.3 is 0 Å². The standard InChI is InChI=1S/C24H28FN5O2/c1-16-20(22(15-31)28-29(16)3)9-11-32-23-12-18(25)5-6-21(23)17-4-7-24-27-13-19(8-10-26-2)30(24)14-17/h4-7,12-14,26,31H,8-11,15H2,1-3H3. The third-order valence-electron chi connectivity index (χ3n) is 5.77. The minimum Gasteiger partial charge on any atom is -0.492 e. The molecule has 0 aliphatic carbocycles. The van der Waals surface area contributed by atoms with Crippen molar-refractivity contribution < 1.29 is 14.2 Å². The van der Waals surface area contributed by atoms with Crippen molar-refractivity contribution in [3.05, 3.63) is 71.2 Å². The van der Waals surface area contributed by atoms with E-state index in [0.717, 1.165) is 46.7 Å². The number of aromatic nitrogens is 4. The van der Waals surface area contributed by atoms with Crippen LogP contribution in [0.3, 0.4) is 0 Å². The number of ether oxygens (including phenoxy) is 1. The van der Waals surface area contributed by atoms with E-state index in [0.29, 0.717) is 24.5 Å². The van der Waals surface area contributed by atoms with Gasteiger partial charge in [0.25, 0.3) is 0 Å². The van der Waals surface area contributed by atoms with Crippen molar-refractivity contribution in [2.45, 2.75) is 26.4 Å². The van der Waals surface area contributed by atoms with Crippen LogP contribution >= 0.6 is 0 Å². The van der Waals surface area contributed by atoms with Crippen molar-refractivity contribution >= 4 is 5.65 Å². The zero-order chi connectivity index (χ0) is 22.7. The highest BCUT2D eigenvalue weighted by Crippen LogP contribution is 2.31. The molecular weight excluding hydrogens is 409 g/mol. The van der Waals surface area contributed by atoms with Crippen molar-refractivity contribution in [3.63, 3.8) is 0 Å². The Bertz CT molecular complexity index is 1230. The molecular formula is C24H28FN5O2. The topological polar surface area (TPSA) is 76.6 Å². The third kappa shape index (κ3) is 4.37. The Morgan fingerprint density at radius 3 is 2.81 bits per heavy atom. The molecule has 7 nitrogen and oxygen atoms in total. The van der Waals surface area contributed by atoms with Crippen LogP contribution in [0.5, 0.6) is 5.75 Å². The van der Waals surface area contributed by atoms with E-state index in [9.17, 15) is 9.50 Å². The van der Waals surface area contributed by atoms with Crippen molar-refractivity contribution in [2.75, 3.05) is 20.2 Å². The van der Waals surface area contributed by atoms with Crippen LogP contribution in [0.2, 0.25) is 0 Å². The minimum absolute atomic E-state index is 0.122. The van der Waals surface area contributed by atoms with Gasteiger partial charge in [0.05, 0.1) is 18.9 Å². The number of imidazole rings is 1. The van der Waals surface area contributed by atoms with Crippen LogP contribution in [0.15, 0.2) is 42.7 Å². The summed E-state index contributed by atoms with van der Waals surface area (Å²) in [6, 6.07) is 8.53. The molecule has 2 N–H and O–H groups in total. The summed E-state index contributed by atoms with van der Waals surface area (Å²) in [5, 5.41) is 17.1. The van der Waals surface area contributed by atoms with E-state index in [1.807, 2.05) is 45.5 Å². The highest BCUT2D eigenvalue weighted by atomic mass is 19.1. The van der Waals surface area contributed by atoms with Crippen LogP contribution in [0.25, 0.3) is 16.8 Å². The molecule has 0 radical (unpaired) electrons. The predicted octanol–water partition coefficient (Wildman–Crippen LogP) is 3.06. The van der Waals surface area contributed by atoms with E-state index in [1.54, 1.807) is 10.7 Å². The van der Waals surface area contributed by atoms with E-state index < -0.39 is 0 Å². The molecule has 4 rings (SSSR count). The smallest absolute Gasteiger partial charge is 0.136 e.